The van der Waals surface area contributed by atoms with Crippen LogP contribution in [0.4, 0.5) is 0 Å². The van der Waals surface area contributed by atoms with Crippen molar-refractivity contribution in [3.8, 4) is 0 Å². The first-order chi connectivity index (χ1) is 3.79. The lowest BCUT2D eigenvalue weighted by Gasteiger charge is -2.22. The lowest BCUT2D eigenvalue weighted by Crippen LogP contribution is -2.26. The Morgan fingerprint density at radius 1 is 1.62 bits per heavy atom. The van der Waals surface area contributed by atoms with Gasteiger partial charge in [-0.15, -0.1) is 0 Å². The highest BCUT2D eigenvalue weighted by Crippen LogP contribution is 2.20. The van der Waals surface area contributed by atoms with E-state index in [1.54, 1.807) is 0 Å². The Kier molecular flexibility index (Phi) is 1.90. The molecule has 0 bridgehead atoms. The molecule has 2 N–H and O–H groups in total. The molecule has 0 amide bonds. The van der Waals surface area contributed by atoms with Crippen molar-refractivity contribution in [3.05, 3.63) is 6.42 Å². The zero-order valence-corrected chi connectivity index (χ0v) is 5.43. The van der Waals surface area contributed by atoms with E-state index in [0.717, 1.165) is 5.92 Å². The number of nitrogens with two attached hydrogens (primary N) is 1. The minimum atomic E-state index is 0.481. The summed E-state index contributed by atoms with van der Waals surface area (Å²) in [6, 6.07) is 0.481. The van der Waals surface area contributed by atoms with Crippen LogP contribution in [0.25, 0.3) is 0 Å². The van der Waals surface area contributed by atoms with Gasteiger partial charge >= 0.3 is 0 Å². The van der Waals surface area contributed by atoms with Gasteiger partial charge in [-0.05, 0) is 31.6 Å². The molecule has 0 aromatic carbocycles. The highest BCUT2D eigenvalue weighted by atomic mass is 14.6. The fraction of sp³-hybridized carbons (Fsp3) is 0.857. The van der Waals surface area contributed by atoms with E-state index in [0.29, 0.717) is 6.04 Å². The van der Waals surface area contributed by atoms with Crippen LogP contribution in [0.1, 0.15) is 26.2 Å². The van der Waals surface area contributed by atoms with Crippen LogP contribution in [0, 0.1) is 12.3 Å². The van der Waals surface area contributed by atoms with Gasteiger partial charge in [-0.2, -0.15) is 0 Å². The largest absolute Gasteiger partial charge is 0.328 e. The molecule has 8 heavy (non-hydrogen) atoms. The molecule has 1 heteroatoms. The summed E-state index contributed by atoms with van der Waals surface area (Å²) in [5.41, 5.74) is 5.71. The zero-order chi connectivity index (χ0) is 5.98. The van der Waals surface area contributed by atoms with Crippen molar-refractivity contribution in [1.82, 2.24) is 0 Å². The number of hydrogen-bond donors (Lipinski definition) is 1. The molecule has 1 aliphatic rings. The summed E-state index contributed by atoms with van der Waals surface area (Å²) < 4.78 is 0. The second-order valence-electron chi connectivity index (χ2n) is 2.79. The van der Waals surface area contributed by atoms with Crippen LogP contribution < -0.4 is 5.73 Å². The van der Waals surface area contributed by atoms with Crippen molar-refractivity contribution in [2.24, 2.45) is 11.7 Å². The van der Waals surface area contributed by atoms with Crippen LogP contribution in [-0.4, -0.2) is 6.04 Å². The van der Waals surface area contributed by atoms with Gasteiger partial charge in [0.2, 0.25) is 0 Å². The van der Waals surface area contributed by atoms with Gasteiger partial charge in [0.15, 0.2) is 0 Å². The molecule has 1 saturated carbocycles. The molecule has 0 heterocycles. The minimum Gasteiger partial charge on any atom is -0.328 e. The monoisotopic (exact) mass is 112 g/mol. The van der Waals surface area contributed by atoms with E-state index in [1.807, 2.05) is 0 Å². The maximum Gasteiger partial charge on any atom is 0.00415 e. The molecule has 0 aromatic heterocycles. The molecule has 0 saturated heterocycles. The maximum absolute atomic E-state index is 5.71. The van der Waals surface area contributed by atoms with E-state index in [2.05, 4.69) is 13.3 Å². The average molecular weight is 112 g/mol. The van der Waals surface area contributed by atoms with Crippen molar-refractivity contribution in [2.45, 2.75) is 32.2 Å². The molecule has 47 valence electrons. The predicted octanol–water partition coefficient (Wildman–Crippen LogP) is 1.34. The molecule has 1 nitrogen and oxygen atoms in total. The molecule has 1 radical (unpaired) electrons. The van der Waals surface area contributed by atoms with Crippen LogP contribution in [0.2, 0.25) is 0 Å². The summed E-state index contributed by atoms with van der Waals surface area (Å²) in [6.45, 7) is 2.24. The Morgan fingerprint density at radius 3 is 2.75 bits per heavy atom. The Labute approximate surface area is 51.3 Å². The van der Waals surface area contributed by atoms with Crippen molar-refractivity contribution < 1.29 is 0 Å². The van der Waals surface area contributed by atoms with E-state index in [-0.39, 0.29) is 0 Å². The summed E-state index contributed by atoms with van der Waals surface area (Å²) in [5.74, 6) is 0.763. The van der Waals surface area contributed by atoms with Gasteiger partial charge in [-0.3, -0.25) is 0 Å². The first-order valence-electron chi connectivity index (χ1n) is 3.38. The summed E-state index contributed by atoms with van der Waals surface area (Å²) in [4.78, 5) is 0. The van der Waals surface area contributed by atoms with Crippen molar-refractivity contribution >= 4 is 0 Å². The Hall–Kier alpha value is -0.0400. The van der Waals surface area contributed by atoms with Crippen LogP contribution in [0.15, 0.2) is 0 Å². The molecule has 1 fully saturated rings. The van der Waals surface area contributed by atoms with Crippen molar-refractivity contribution in [2.75, 3.05) is 0 Å². The third-order valence-corrected chi connectivity index (χ3v) is 1.78. The highest BCUT2D eigenvalue weighted by molar-refractivity contribution is 4.83. The molecule has 0 aliphatic heterocycles. The summed E-state index contributed by atoms with van der Waals surface area (Å²) in [5, 5.41) is 0. The van der Waals surface area contributed by atoms with Crippen LogP contribution in [-0.2, 0) is 0 Å². The van der Waals surface area contributed by atoms with E-state index in [4.69, 9.17) is 5.73 Å². The Balaban J connectivity index is 2.23. The standard InChI is InChI=1S/C7H14N/c1-6-3-2-4-7(8)5-6/h3,6-7H,2,4-5,8H2,1H3. The summed E-state index contributed by atoms with van der Waals surface area (Å²) in [7, 11) is 0. The van der Waals surface area contributed by atoms with Crippen LogP contribution in [0.3, 0.4) is 0 Å². The van der Waals surface area contributed by atoms with Crippen molar-refractivity contribution in [1.29, 1.82) is 0 Å². The Morgan fingerprint density at radius 2 is 2.38 bits per heavy atom. The van der Waals surface area contributed by atoms with Gasteiger partial charge in [-0.1, -0.05) is 6.92 Å². The van der Waals surface area contributed by atoms with Gasteiger partial charge < -0.3 is 5.73 Å². The first-order valence-corrected chi connectivity index (χ1v) is 3.38. The van der Waals surface area contributed by atoms with E-state index >= 15 is 0 Å². The van der Waals surface area contributed by atoms with E-state index in [1.165, 1.54) is 19.3 Å². The average Bonchev–Trinajstić information content (AvgIpc) is 1.64. The number of hydrogen-bond acceptors (Lipinski definition) is 1. The molecular formula is C7H14N. The van der Waals surface area contributed by atoms with E-state index in [9.17, 15) is 0 Å². The molecular weight excluding hydrogens is 98.1 g/mol. The fourth-order valence-electron chi connectivity index (χ4n) is 1.29. The fourth-order valence-corrected chi connectivity index (χ4v) is 1.29. The zero-order valence-electron chi connectivity index (χ0n) is 5.43. The smallest absolute Gasteiger partial charge is 0.00415 e. The lowest BCUT2D eigenvalue weighted by atomic mass is 9.88. The molecule has 2 atom stereocenters. The minimum absolute atomic E-state index is 0.481. The third-order valence-electron chi connectivity index (χ3n) is 1.78. The molecule has 0 aromatic rings. The Bertz CT molecular complexity index is 62.8. The topological polar surface area (TPSA) is 26.0 Å². The maximum atomic E-state index is 5.71. The first kappa shape index (κ1) is 6.09. The predicted molar refractivity (Wildman–Crippen MR) is 35.3 cm³/mol. The van der Waals surface area contributed by atoms with E-state index < -0.39 is 0 Å². The highest BCUT2D eigenvalue weighted by Gasteiger charge is 2.14. The van der Waals surface area contributed by atoms with Gasteiger partial charge in [-0.25, -0.2) is 0 Å². The van der Waals surface area contributed by atoms with Gasteiger partial charge in [0, 0.05) is 6.04 Å². The quantitative estimate of drug-likeness (QED) is 0.502. The number of rotatable bonds is 0. The van der Waals surface area contributed by atoms with Crippen LogP contribution in [0.5, 0.6) is 0 Å². The van der Waals surface area contributed by atoms with Gasteiger partial charge in [0.25, 0.3) is 0 Å². The second-order valence-corrected chi connectivity index (χ2v) is 2.79. The second kappa shape index (κ2) is 2.49. The normalized spacial score (nSPS) is 39.8. The van der Waals surface area contributed by atoms with Gasteiger partial charge in [0.1, 0.15) is 0 Å². The molecule has 0 spiro atoms. The SMILES string of the molecule is CC1[CH]CCC(N)C1. The lowest BCUT2D eigenvalue weighted by molar-refractivity contribution is 0.419. The third kappa shape index (κ3) is 1.48. The summed E-state index contributed by atoms with van der Waals surface area (Å²) >= 11 is 0. The van der Waals surface area contributed by atoms with Gasteiger partial charge in [0.05, 0.1) is 0 Å². The molecule has 1 aliphatic carbocycles. The molecule has 2 unspecified atom stereocenters. The summed E-state index contributed by atoms with van der Waals surface area (Å²) in [6.07, 6.45) is 5.98. The van der Waals surface area contributed by atoms with Crippen LogP contribution >= 0.6 is 0 Å². The van der Waals surface area contributed by atoms with Crippen molar-refractivity contribution in [3.63, 3.8) is 0 Å². The molecule has 1 rings (SSSR count).